The van der Waals surface area contributed by atoms with Gasteiger partial charge >= 0.3 is 0 Å². The number of aromatic nitrogens is 2. The van der Waals surface area contributed by atoms with Gasteiger partial charge in [0.1, 0.15) is 11.3 Å². The van der Waals surface area contributed by atoms with E-state index in [0.717, 1.165) is 22.4 Å². The largest absolute Gasteiger partial charge is 0.459 e. The summed E-state index contributed by atoms with van der Waals surface area (Å²) in [6.07, 6.45) is 3.58. The molecule has 0 bridgehead atoms. The lowest BCUT2D eigenvalue weighted by Crippen LogP contribution is -2.26. The number of amides is 1. The number of hydrogen-bond donors (Lipinski definition) is 1. The molecule has 0 spiro atoms. The van der Waals surface area contributed by atoms with Crippen LogP contribution in [-0.4, -0.2) is 15.7 Å². The highest BCUT2D eigenvalue weighted by molar-refractivity contribution is 5.94. The predicted molar refractivity (Wildman–Crippen MR) is 95.7 cm³/mol. The molecule has 1 amide bonds. The van der Waals surface area contributed by atoms with Crippen LogP contribution in [0.4, 0.5) is 0 Å². The topological polar surface area (TPSA) is 60.1 Å². The Hall–Kier alpha value is -3.34. The second-order valence-corrected chi connectivity index (χ2v) is 5.88. The Labute approximate surface area is 144 Å². The Kier molecular flexibility index (Phi) is 3.82. The molecule has 1 N–H and O–H groups in total. The second-order valence-electron chi connectivity index (χ2n) is 5.88. The van der Waals surface area contributed by atoms with Crippen molar-refractivity contribution in [3.8, 4) is 5.69 Å². The number of para-hydroxylation sites is 1. The first-order valence-corrected chi connectivity index (χ1v) is 8.10. The Balaban J connectivity index is 1.49. The van der Waals surface area contributed by atoms with Gasteiger partial charge in [0.25, 0.3) is 5.91 Å². The minimum absolute atomic E-state index is 0.139. The number of carbonyl (C=O) groups is 1. The third-order valence-electron chi connectivity index (χ3n) is 4.12. The van der Waals surface area contributed by atoms with Crippen molar-refractivity contribution in [1.29, 1.82) is 0 Å². The Morgan fingerprint density at radius 3 is 2.64 bits per heavy atom. The quantitative estimate of drug-likeness (QED) is 0.612. The lowest BCUT2D eigenvalue weighted by atomic mass is 10.1. The van der Waals surface area contributed by atoms with Crippen LogP contribution in [-0.2, 0) is 0 Å². The van der Waals surface area contributed by atoms with Gasteiger partial charge in [-0.25, -0.2) is 4.68 Å². The third kappa shape index (κ3) is 3.04. The normalized spacial score (nSPS) is 12.2. The molecule has 2 aromatic carbocycles. The highest BCUT2D eigenvalue weighted by Gasteiger charge is 2.15. The predicted octanol–water partition coefficient (Wildman–Crippen LogP) is 4.11. The van der Waals surface area contributed by atoms with Crippen LogP contribution in [0, 0.1) is 0 Å². The van der Waals surface area contributed by atoms with Crippen molar-refractivity contribution in [2.24, 2.45) is 0 Å². The Bertz CT molecular complexity index is 968. The molecule has 5 heteroatoms. The summed E-state index contributed by atoms with van der Waals surface area (Å²) in [7, 11) is 0. The number of fused-ring (bicyclic) bond motifs is 1. The molecule has 4 rings (SSSR count). The fourth-order valence-corrected chi connectivity index (χ4v) is 2.75. The zero-order chi connectivity index (χ0) is 17.2. The molecule has 4 aromatic rings. The maximum absolute atomic E-state index is 12.5. The van der Waals surface area contributed by atoms with E-state index in [-0.39, 0.29) is 11.9 Å². The summed E-state index contributed by atoms with van der Waals surface area (Å²) >= 11 is 0. The van der Waals surface area contributed by atoms with Crippen molar-refractivity contribution in [2.45, 2.75) is 13.0 Å². The molecule has 25 heavy (non-hydrogen) atoms. The molecule has 0 saturated heterocycles. The van der Waals surface area contributed by atoms with E-state index in [1.165, 1.54) is 0 Å². The average molecular weight is 331 g/mol. The van der Waals surface area contributed by atoms with Gasteiger partial charge in [-0.1, -0.05) is 18.2 Å². The third-order valence-corrected chi connectivity index (χ3v) is 4.12. The zero-order valence-corrected chi connectivity index (χ0v) is 13.7. The molecule has 2 aromatic heterocycles. The molecule has 0 aliphatic rings. The summed E-state index contributed by atoms with van der Waals surface area (Å²) in [6.45, 7) is 1.91. The summed E-state index contributed by atoms with van der Waals surface area (Å²) in [5, 5.41) is 8.18. The van der Waals surface area contributed by atoms with Crippen molar-refractivity contribution >= 4 is 16.9 Å². The summed E-state index contributed by atoms with van der Waals surface area (Å²) in [4.78, 5) is 12.5. The van der Waals surface area contributed by atoms with Gasteiger partial charge in [-0.3, -0.25) is 4.79 Å². The number of nitrogens with one attached hydrogen (secondary N) is 1. The SMILES string of the molecule is C[C@H](NC(=O)c1ccc(-n2cccn2)cc1)c1cc2ccccc2o1. The van der Waals surface area contributed by atoms with Gasteiger partial charge in [0.05, 0.1) is 11.7 Å². The van der Waals surface area contributed by atoms with Crippen LogP contribution in [0.3, 0.4) is 0 Å². The lowest BCUT2D eigenvalue weighted by molar-refractivity contribution is 0.0935. The van der Waals surface area contributed by atoms with Crippen molar-refractivity contribution in [3.05, 3.63) is 84.4 Å². The molecule has 5 nitrogen and oxygen atoms in total. The van der Waals surface area contributed by atoms with E-state index in [4.69, 9.17) is 4.42 Å². The van der Waals surface area contributed by atoms with Gasteiger partial charge in [0.15, 0.2) is 0 Å². The maximum Gasteiger partial charge on any atom is 0.251 e. The summed E-state index contributed by atoms with van der Waals surface area (Å²) < 4.78 is 7.56. The highest BCUT2D eigenvalue weighted by atomic mass is 16.3. The minimum Gasteiger partial charge on any atom is -0.459 e. The summed E-state index contributed by atoms with van der Waals surface area (Å²) in [5.74, 6) is 0.600. The van der Waals surface area contributed by atoms with Gasteiger partial charge in [-0.05, 0) is 49.4 Å². The number of nitrogens with zero attached hydrogens (tertiary/aromatic N) is 2. The number of rotatable bonds is 4. The standard InChI is InChI=1S/C20H17N3O2/c1-14(19-13-16-5-2-3-6-18(16)25-19)22-20(24)15-7-9-17(10-8-15)23-12-4-11-21-23/h2-14H,1H3,(H,22,24)/t14-/m0/s1. The van der Waals surface area contributed by atoms with E-state index >= 15 is 0 Å². The van der Waals surface area contributed by atoms with Crippen LogP contribution in [0.2, 0.25) is 0 Å². The first-order valence-electron chi connectivity index (χ1n) is 8.10. The van der Waals surface area contributed by atoms with E-state index in [2.05, 4.69) is 10.4 Å². The van der Waals surface area contributed by atoms with Crippen LogP contribution in [0.25, 0.3) is 16.7 Å². The molecular formula is C20H17N3O2. The Morgan fingerprint density at radius 1 is 1.12 bits per heavy atom. The zero-order valence-electron chi connectivity index (χ0n) is 13.7. The van der Waals surface area contributed by atoms with Crippen LogP contribution in [0.1, 0.15) is 29.1 Å². The molecular weight excluding hydrogens is 314 g/mol. The number of benzene rings is 2. The molecule has 2 heterocycles. The monoisotopic (exact) mass is 331 g/mol. The van der Waals surface area contributed by atoms with E-state index < -0.39 is 0 Å². The minimum atomic E-state index is -0.217. The van der Waals surface area contributed by atoms with Crippen LogP contribution in [0.15, 0.2) is 77.5 Å². The van der Waals surface area contributed by atoms with E-state index in [1.807, 2.05) is 61.7 Å². The van der Waals surface area contributed by atoms with Gasteiger partial charge in [0, 0.05) is 23.3 Å². The second kappa shape index (κ2) is 6.28. The number of furan rings is 1. The smallest absolute Gasteiger partial charge is 0.251 e. The van der Waals surface area contributed by atoms with Crippen molar-refractivity contribution in [1.82, 2.24) is 15.1 Å². The molecule has 0 radical (unpaired) electrons. The lowest BCUT2D eigenvalue weighted by Gasteiger charge is -2.11. The van der Waals surface area contributed by atoms with Crippen LogP contribution in [0.5, 0.6) is 0 Å². The van der Waals surface area contributed by atoms with Crippen molar-refractivity contribution in [3.63, 3.8) is 0 Å². The Morgan fingerprint density at radius 2 is 1.92 bits per heavy atom. The molecule has 124 valence electrons. The molecule has 0 aliphatic carbocycles. The van der Waals surface area contributed by atoms with Crippen molar-refractivity contribution < 1.29 is 9.21 Å². The molecule has 0 fully saturated rings. The maximum atomic E-state index is 12.5. The van der Waals surface area contributed by atoms with Gasteiger partial charge < -0.3 is 9.73 Å². The van der Waals surface area contributed by atoms with Crippen LogP contribution >= 0.6 is 0 Å². The summed E-state index contributed by atoms with van der Waals surface area (Å²) in [5.41, 5.74) is 2.33. The first-order chi connectivity index (χ1) is 12.2. The first kappa shape index (κ1) is 15.2. The van der Waals surface area contributed by atoms with E-state index in [1.54, 1.807) is 23.0 Å². The number of hydrogen-bond acceptors (Lipinski definition) is 3. The molecule has 0 aliphatic heterocycles. The van der Waals surface area contributed by atoms with Gasteiger partial charge in [-0.2, -0.15) is 5.10 Å². The summed E-state index contributed by atoms with van der Waals surface area (Å²) in [6, 6.07) is 18.7. The molecule has 0 unspecified atom stereocenters. The van der Waals surface area contributed by atoms with Crippen LogP contribution < -0.4 is 5.32 Å². The average Bonchev–Trinajstić information content (AvgIpc) is 3.31. The van der Waals surface area contributed by atoms with Gasteiger partial charge in [0.2, 0.25) is 0 Å². The van der Waals surface area contributed by atoms with Crippen molar-refractivity contribution in [2.75, 3.05) is 0 Å². The number of carbonyl (C=O) groups excluding carboxylic acids is 1. The van der Waals surface area contributed by atoms with E-state index in [9.17, 15) is 4.79 Å². The fourth-order valence-electron chi connectivity index (χ4n) is 2.75. The van der Waals surface area contributed by atoms with Gasteiger partial charge in [-0.15, -0.1) is 0 Å². The molecule has 1 atom stereocenters. The fraction of sp³-hybridized carbons (Fsp3) is 0.100. The molecule has 0 saturated carbocycles. The van der Waals surface area contributed by atoms with E-state index in [0.29, 0.717) is 5.56 Å². The highest BCUT2D eigenvalue weighted by Crippen LogP contribution is 2.23.